The molecule has 2 nitrogen and oxygen atoms in total. The van der Waals surface area contributed by atoms with Crippen LogP contribution in [0.5, 0.6) is 0 Å². The molecule has 0 radical (unpaired) electrons. The first-order chi connectivity index (χ1) is 7.69. The van der Waals surface area contributed by atoms with E-state index in [2.05, 4.69) is 19.1 Å². The number of benzene rings is 1. The zero-order chi connectivity index (χ0) is 12.0. The maximum atomic E-state index is 11.3. The summed E-state index contributed by atoms with van der Waals surface area (Å²) < 4.78 is 4.72. The molecule has 0 unspecified atom stereocenters. The van der Waals surface area contributed by atoms with E-state index in [9.17, 15) is 4.79 Å². The molecule has 88 valence electrons. The molecule has 0 aliphatic rings. The first kappa shape index (κ1) is 12.8. The van der Waals surface area contributed by atoms with Crippen LogP contribution in [0.4, 0.5) is 0 Å². The van der Waals surface area contributed by atoms with Gasteiger partial charge in [-0.1, -0.05) is 37.6 Å². The quantitative estimate of drug-likeness (QED) is 0.712. The van der Waals surface area contributed by atoms with Gasteiger partial charge < -0.3 is 4.74 Å². The van der Waals surface area contributed by atoms with Crippen LogP contribution in [0, 0.1) is 0 Å². The third-order valence-electron chi connectivity index (χ3n) is 2.85. The lowest BCUT2D eigenvalue weighted by molar-refractivity contribution is -0.141. The molecule has 0 saturated heterocycles. The van der Waals surface area contributed by atoms with E-state index >= 15 is 0 Å². The Morgan fingerprint density at radius 2 is 1.94 bits per heavy atom. The van der Waals surface area contributed by atoms with Crippen LogP contribution in [0.1, 0.15) is 43.7 Å². The number of unbranched alkanes of at least 4 members (excludes halogenated alkanes) is 1. The van der Waals surface area contributed by atoms with Crippen molar-refractivity contribution >= 4 is 5.97 Å². The Morgan fingerprint density at radius 3 is 2.44 bits per heavy atom. The van der Waals surface area contributed by atoms with E-state index in [0.29, 0.717) is 0 Å². The summed E-state index contributed by atoms with van der Waals surface area (Å²) in [5.74, 6) is -0.355. The van der Waals surface area contributed by atoms with E-state index < -0.39 is 0 Å². The number of methoxy groups -OCH3 is 1. The average molecular weight is 220 g/mol. The molecule has 0 spiro atoms. The van der Waals surface area contributed by atoms with Crippen LogP contribution in [0.3, 0.4) is 0 Å². The number of hydrogen-bond donors (Lipinski definition) is 0. The molecule has 1 aromatic carbocycles. The van der Waals surface area contributed by atoms with E-state index in [1.807, 2.05) is 19.1 Å². The zero-order valence-corrected chi connectivity index (χ0v) is 10.3. The highest BCUT2D eigenvalue weighted by atomic mass is 16.5. The van der Waals surface area contributed by atoms with Crippen molar-refractivity contribution in [2.45, 2.75) is 39.0 Å². The van der Waals surface area contributed by atoms with Crippen molar-refractivity contribution in [2.24, 2.45) is 0 Å². The summed E-state index contributed by atoms with van der Waals surface area (Å²) >= 11 is 0. The number of hydrogen-bond acceptors (Lipinski definition) is 2. The van der Waals surface area contributed by atoms with Gasteiger partial charge in [-0.2, -0.15) is 0 Å². The molecule has 0 fully saturated rings. The molecule has 1 aromatic rings. The standard InChI is InChI=1S/C14H20O2/c1-4-5-6-12-7-9-13(10-8-12)11(2)14(15)16-3/h7-11H,4-6H2,1-3H3/t11-/m1/s1. The van der Waals surface area contributed by atoms with E-state index in [1.54, 1.807) is 0 Å². The van der Waals surface area contributed by atoms with E-state index in [0.717, 1.165) is 12.0 Å². The Labute approximate surface area is 97.6 Å². The second-order valence-electron chi connectivity index (χ2n) is 4.09. The second kappa shape index (κ2) is 6.31. The van der Waals surface area contributed by atoms with Gasteiger partial charge in [0.15, 0.2) is 0 Å². The Morgan fingerprint density at radius 1 is 1.31 bits per heavy atom. The monoisotopic (exact) mass is 220 g/mol. The van der Waals surface area contributed by atoms with Gasteiger partial charge in [-0.25, -0.2) is 0 Å². The van der Waals surface area contributed by atoms with Crippen molar-refractivity contribution in [3.8, 4) is 0 Å². The second-order valence-corrected chi connectivity index (χ2v) is 4.09. The fourth-order valence-electron chi connectivity index (χ4n) is 1.67. The summed E-state index contributed by atoms with van der Waals surface area (Å²) in [6.07, 6.45) is 3.54. The highest BCUT2D eigenvalue weighted by molar-refractivity contribution is 5.77. The number of carbonyl (C=O) groups is 1. The largest absolute Gasteiger partial charge is 0.469 e. The van der Waals surface area contributed by atoms with Crippen LogP contribution in [-0.2, 0) is 16.0 Å². The Balaban J connectivity index is 2.67. The molecule has 2 heteroatoms. The smallest absolute Gasteiger partial charge is 0.312 e. The minimum atomic E-state index is -0.179. The highest BCUT2D eigenvalue weighted by Crippen LogP contribution is 2.17. The minimum absolute atomic E-state index is 0.176. The summed E-state index contributed by atoms with van der Waals surface area (Å²) in [7, 11) is 1.43. The van der Waals surface area contributed by atoms with Gasteiger partial charge in [0.1, 0.15) is 0 Å². The molecule has 0 amide bonds. The van der Waals surface area contributed by atoms with Gasteiger partial charge >= 0.3 is 5.97 Å². The number of esters is 1. The maximum absolute atomic E-state index is 11.3. The van der Waals surface area contributed by atoms with Crippen molar-refractivity contribution in [3.05, 3.63) is 35.4 Å². The van der Waals surface area contributed by atoms with Gasteiger partial charge in [0, 0.05) is 0 Å². The summed E-state index contributed by atoms with van der Waals surface area (Å²) in [6.45, 7) is 4.06. The Hall–Kier alpha value is -1.31. The Bertz CT molecular complexity index is 327. The van der Waals surface area contributed by atoms with Crippen LogP contribution in [0.15, 0.2) is 24.3 Å². The topological polar surface area (TPSA) is 26.3 Å². The van der Waals surface area contributed by atoms with Crippen molar-refractivity contribution in [2.75, 3.05) is 7.11 Å². The Kier molecular flexibility index (Phi) is 5.03. The molecule has 1 atom stereocenters. The highest BCUT2D eigenvalue weighted by Gasteiger charge is 2.14. The summed E-state index contributed by atoms with van der Waals surface area (Å²) in [5, 5.41) is 0. The van der Waals surface area contributed by atoms with Crippen LogP contribution in [0.2, 0.25) is 0 Å². The van der Waals surface area contributed by atoms with Crippen LogP contribution in [-0.4, -0.2) is 13.1 Å². The van der Waals surface area contributed by atoms with Gasteiger partial charge in [-0.15, -0.1) is 0 Å². The first-order valence-electron chi connectivity index (χ1n) is 5.85. The van der Waals surface area contributed by atoms with Gasteiger partial charge in [-0.3, -0.25) is 4.79 Å². The normalized spacial score (nSPS) is 12.2. The third-order valence-corrected chi connectivity index (χ3v) is 2.85. The van der Waals surface area contributed by atoms with Crippen molar-refractivity contribution < 1.29 is 9.53 Å². The van der Waals surface area contributed by atoms with E-state index in [1.165, 1.54) is 25.5 Å². The molecular weight excluding hydrogens is 200 g/mol. The van der Waals surface area contributed by atoms with E-state index in [-0.39, 0.29) is 11.9 Å². The first-order valence-corrected chi connectivity index (χ1v) is 5.85. The molecule has 0 aliphatic heterocycles. The fourth-order valence-corrected chi connectivity index (χ4v) is 1.67. The molecule has 0 bridgehead atoms. The zero-order valence-electron chi connectivity index (χ0n) is 10.3. The van der Waals surface area contributed by atoms with Gasteiger partial charge in [0.25, 0.3) is 0 Å². The molecule has 16 heavy (non-hydrogen) atoms. The summed E-state index contributed by atoms with van der Waals surface area (Å²) in [4.78, 5) is 11.3. The van der Waals surface area contributed by atoms with Gasteiger partial charge in [-0.05, 0) is 30.9 Å². The lowest BCUT2D eigenvalue weighted by atomic mass is 9.98. The van der Waals surface area contributed by atoms with Crippen LogP contribution >= 0.6 is 0 Å². The molecule has 0 N–H and O–H groups in total. The predicted molar refractivity (Wildman–Crippen MR) is 65.5 cm³/mol. The van der Waals surface area contributed by atoms with Gasteiger partial charge in [0.2, 0.25) is 0 Å². The van der Waals surface area contributed by atoms with Crippen molar-refractivity contribution in [1.29, 1.82) is 0 Å². The number of rotatable bonds is 5. The number of carbonyl (C=O) groups excluding carboxylic acids is 1. The predicted octanol–water partition coefficient (Wildman–Crippen LogP) is 3.31. The van der Waals surface area contributed by atoms with E-state index in [4.69, 9.17) is 4.74 Å². The minimum Gasteiger partial charge on any atom is -0.469 e. The number of aryl methyl sites for hydroxylation is 1. The number of ether oxygens (including phenoxy) is 1. The molecular formula is C14H20O2. The van der Waals surface area contributed by atoms with Crippen molar-refractivity contribution in [3.63, 3.8) is 0 Å². The SMILES string of the molecule is CCCCc1ccc([C@@H](C)C(=O)OC)cc1. The van der Waals surface area contributed by atoms with Crippen LogP contribution in [0.25, 0.3) is 0 Å². The fraction of sp³-hybridized carbons (Fsp3) is 0.500. The lowest BCUT2D eigenvalue weighted by Gasteiger charge is -2.10. The maximum Gasteiger partial charge on any atom is 0.312 e. The molecule has 0 saturated carbocycles. The van der Waals surface area contributed by atoms with Crippen molar-refractivity contribution in [1.82, 2.24) is 0 Å². The molecule has 1 rings (SSSR count). The lowest BCUT2D eigenvalue weighted by Crippen LogP contribution is -2.10. The molecule has 0 aromatic heterocycles. The summed E-state index contributed by atoms with van der Waals surface area (Å²) in [5.41, 5.74) is 2.36. The summed E-state index contributed by atoms with van der Waals surface area (Å²) in [6, 6.07) is 8.24. The molecule has 0 aliphatic carbocycles. The van der Waals surface area contributed by atoms with Crippen LogP contribution < -0.4 is 0 Å². The molecule has 0 heterocycles. The van der Waals surface area contributed by atoms with Gasteiger partial charge in [0.05, 0.1) is 13.0 Å². The average Bonchev–Trinajstić information content (AvgIpc) is 2.35. The third kappa shape index (κ3) is 3.37.